The van der Waals surface area contributed by atoms with Crippen molar-refractivity contribution in [3.05, 3.63) is 82.9 Å². The van der Waals surface area contributed by atoms with Gasteiger partial charge in [0.2, 0.25) is 0 Å². The Balaban J connectivity index is 1.58. The Labute approximate surface area is 157 Å². The lowest BCUT2D eigenvalue weighted by atomic mass is 10.1. The van der Waals surface area contributed by atoms with Gasteiger partial charge in [0.15, 0.2) is 0 Å². The standard InChI is InChI=1S/C20H20ClN3O2/c1-14(15-3-7-17(21)8-4-15)23-20(25)16-5-9-18(10-6-16)26-13-19-22-11-12-24(19)2/h3-12,14H,13H2,1-2H3,(H,23,25)/t14-/m0/s1. The van der Waals surface area contributed by atoms with E-state index in [9.17, 15) is 4.79 Å². The number of carbonyl (C=O) groups excluding carboxylic acids is 1. The highest BCUT2D eigenvalue weighted by molar-refractivity contribution is 6.30. The van der Waals surface area contributed by atoms with Crippen molar-refractivity contribution in [1.82, 2.24) is 14.9 Å². The molecule has 1 heterocycles. The molecular weight excluding hydrogens is 350 g/mol. The van der Waals surface area contributed by atoms with Gasteiger partial charge in [-0.1, -0.05) is 23.7 Å². The number of nitrogens with one attached hydrogen (secondary N) is 1. The summed E-state index contributed by atoms with van der Waals surface area (Å²) in [5, 5.41) is 3.65. The van der Waals surface area contributed by atoms with Crippen LogP contribution in [-0.2, 0) is 13.7 Å². The van der Waals surface area contributed by atoms with Crippen LogP contribution in [0.1, 0.15) is 34.7 Å². The van der Waals surface area contributed by atoms with E-state index in [4.69, 9.17) is 16.3 Å². The number of nitrogens with zero attached hydrogens (tertiary/aromatic N) is 2. The Morgan fingerprint density at radius 1 is 1.19 bits per heavy atom. The van der Waals surface area contributed by atoms with Crippen molar-refractivity contribution in [2.75, 3.05) is 0 Å². The Morgan fingerprint density at radius 2 is 1.88 bits per heavy atom. The van der Waals surface area contributed by atoms with Crippen LogP contribution in [0.25, 0.3) is 0 Å². The molecule has 134 valence electrons. The predicted octanol–water partition coefficient (Wildman–Crippen LogP) is 4.14. The number of aromatic nitrogens is 2. The van der Waals surface area contributed by atoms with E-state index in [1.807, 2.05) is 49.0 Å². The van der Waals surface area contributed by atoms with Crippen LogP contribution in [0.5, 0.6) is 5.75 Å². The van der Waals surface area contributed by atoms with Crippen LogP contribution in [0, 0.1) is 0 Å². The Morgan fingerprint density at radius 3 is 2.50 bits per heavy atom. The Bertz CT molecular complexity index is 873. The number of carbonyl (C=O) groups is 1. The largest absolute Gasteiger partial charge is 0.486 e. The third kappa shape index (κ3) is 4.43. The maximum absolute atomic E-state index is 12.4. The summed E-state index contributed by atoms with van der Waals surface area (Å²) in [4.78, 5) is 16.6. The van der Waals surface area contributed by atoms with Crippen LogP contribution < -0.4 is 10.1 Å². The molecule has 0 aliphatic heterocycles. The summed E-state index contributed by atoms with van der Waals surface area (Å²) in [7, 11) is 1.92. The molecule has 0 aliphatic carbocycles. The van der Waals surface area contributed by atoms with E-state index >= 15 is 0 Å². The first kappa shape index (κ1) is 18.0. The molecule has 0 spiro atoms. The summed E-state index contributed by atoms with van der Waals surface area (Å²) in [5.41, 5.74) is 1.58. The zero-order chi connectivity index (χ0) is 18.5. The van der Waals surface area contributed by atoms with Gasteiger partial charge in [-0.05, 0) is 48.9 Å². The van der Waals surface area contributed by atoms with E-state index in [1.54, 1.807) is 30.5 Å². The summed E-state index contributed by atoms with van der Waals surface area (Å²) >= 11 is 5.90. The third-order valence-electron chi connectivity index (χ3n) is 4.12. The zero-order valence-electron chi connectivity index (χ0n) is 14.6. The number of halogens is 1. The second-order valence-electron chi connectivity index (χ2n) is 6.01. The summed E-state index contributed by atoms with van der Waals surface area (Å²) in [6.07, 6.45) is 3.60. The first-order valence-corrected chi connectivity index (χ1v) is 8.66. The minimum absolute atomic E-state index is 0.112. The molecule has 2 aromatic carbocycles. The van der Waals surface area contributed by atoms with Crippen LogP contribution in [0.3, 0.4) is 0 Å². The van der Waals surface area contributed by atoms with E-state index in [0.29, 0.717) is 22.9 Å². The third-order valence-corrected chi connectivity index (χ3v) is 4.37. The molecule has 0 unspecified atom stereocenters. The fraction of sp³-hybridized carbons (Fsp3) is 0.200. The number of ether oxygens (including phenoxy) is 1. The number of amides is 1. The van der Waals surface area contributed by atoms with Gasteiger partial charge in [-0.2, -0.15) is 0 Å². The van der Waals surface area contributed by atoms with Gasteiger partial charge in [-0.25, -0.2) is 4.98 Å². The van der Waals surface area contributed by atoms with Crippen molar-refractivity contribution in [2.45, 2.75) is 19.6 Å². The predicted molar refractivity (Wildman–Crippen MR) is 101 cm³/mol. The van der Waals surface area contributed by atoms with Crippen molar-refractivity contribution < 1.29 is 9.53 Å². The summed E-state index contributed by atoms with van der Waals surface area (Å²) < 4.78 is 7.60. The number of benzene rings is 2. The van der Waals surface area contributed by atoms with Crippen LogP contribution >= 0.6 is 11.6 Å². The molecule has 3 aromatic rings. The van der Waals surface area contributed by atoms with Crippen molar-refractivity contribution >= 4 is 17.5 Å². The number of aryl methyl sites for hydroxylation is 1. The first-order valence-electron chi connectivity index (χ1n) is 8.28. The number of hydrogen-bond acceptors (Lipinski definition) is 3. The highest BCUT2D eigenvalue weighted by Gasteiger charge is 2.11. The maximum atomic E-state index is 12.4. The molecule has 1 aromatic heterocycles. The lowest BCUT2D eigenvalue weighted by Crippen LogP contribution is -2.26. The van der Waals surface area contributed by atoms with Gasteiger partial charge >= 0.3 is 0 Å². The van der Waals surface area contributed by atoms with Gasteiger partial charge in [0, 0.05) is 30.0 Å². The van der Waals surface area contributed by atoms with E-state index < -0.39 is 0 Å². The fourth-order valence-corrected chi connectivity index (χ4v) is 2.63. The molecule has 1 N–H and O–H groups in total. The van der Waals surface area contributed by atoms with E-state index in [0.717, 1.165) is 11.4 Å². The topological polar surface area (TPSA) is 56.1 Å². The average molecular weight is 370 g/mol. The number of imidazole rings is 1. The normalized spacial score (nSPS) is 11.8. The van der Waals surface area contributed by atoms with E-state index in [1.165, 1.54) is 0 Å². The molecule has 1 atom stereocenters. The Hall–Kier alpha value is -2.79. The van der Waals surface area contributed by atoms with Gasteiger partial charge < -0.3 is 14.6 Å². The molecule has 6 heteroatoms. The van der Waals surface area contributed by atoms with E-state index in [2.05, 4.69) is 10.3 Å². The molecule has 0 radical (unpaired) electrons. The quantitative estimate of drug-likeness (QED) is 0.710. The zero-order valence-corrected chi connectivity index (χ0v) is 15.4. The fourth-order valence-electron chi connectivity index (χ4n) is 2.50. The summed E-state index contributed by atoms with van der Waals surface area (Å²) in [5.74, 6) is 1.39. The molecule has 1 amide bonds. The number of hydrogen-bond donors (Lipinski definition) is 1. The van der Waals surface area contributed by atoms with Crippen molar-refractivity contribution in [3.8, 4) is 5.75 Å². The second kappa shape index (κ2) is 8.06. The second-order valence-corrected chi connectivity index (χ2v) is 6.45. The molecular formula is C20H20ClN3O2. The SMILES string of the molecule is C[C@H](NC(=O)c1ccc(OCc2nccn2C)cc1)c1ccc(Cl)cc1. The summed E-state index contributed by atoms with van der Waals surface area (Å²) in [6.45, 7) is 2.31. The van der Waals surface area contributed by atoms with Crippen molar-refractivity contribution in [2.24, 2.45) is 7.05 Å². The molecule has 5 nitrogen and oxygen atoms in total. The molecule has 3 rings (SSSR count). The minimum Gasteiger partial charge on any atom is -0.486 e. The summed E-state index contributed by atoms with van der Waals surface area (Å²) in [6, 6.07) is 14.4. The van der Waals surface area contributed by atoms with Gasteiger partial charge in [0.25, 0.3) is 5.91 Å². The lowest BCUT2D eigenvalue weighted by molar-refractivity contribution is 0.0940. The van der Waals surface area contributed by atoms with Crippen LogP contribution in [-0.4, -0.2) is 15.5 Å². The van der Waals surface area contributed by atoms with Gasteiger partial charge in [0.1, 0.15) is 18.2 Å². The Kier molecular flexibility index (Phi) is 5.58. The minimum atomic E-state index is -0.136. The van der Waals surface area contributed by atoms with Crippen molar-refractivity contribution in [3.63, 3.8) is 0 Å². The first-order chi connectivity index (χ1) is 12.5. The van der Waals surface area contributed by atoms with Crippen molar-refractivity contribution in [1.29, 1.82) is 0 Å². The van der Waals surface area contributed by atoms with Gasteiger partial charge in [-0.3, -0.25) is 4.79 Å². The van der Waals surface area contributed by atoms with Crippen LogP contribution in [0.15, 0.2) is 60.9 Å². The van der Waals surface area contributed by atoms with Crippen LogP contribution in [0.4, 0.5) is 0 Å². The molecule has 0 aliphatic rings. The van der Waals surface area contributed by atoms with E-state index in [-0.39, 0.29) is 11.9 Å². The lowest BCUT2D eigenvalue weighted by Gasteiger charge is -2.15. The highest BCUT2D eigenvalue weighted by Crippen LogP contribution is 2.18. The van der Waals surface area contributed by atoms with Crippen LogP contribution in [0.2, 0.25) is 5.02 Å². The molecule has 0 saturated heterocycles. The number of rotatable bonds is 6. The highest BCUT2D eigenvalue weighted by atomic mass is 35.5. The molecule has 0 bridgehead atoms. The van der Waals surface area contributed by atoms with Gasteiger partial charge in [-0.15, -0.1) is 0 Å². The smallest absolute Gasteiger partial charge is 0.251 e. The van der Waals surface area contributed by atoms with Gasteiger partial charge in [0.05, 0.1) is 6.04 Å². The molecule has 0 saturated carbocycles. The maximum Gasteiger partial charge on any atom is 0.251 e. The molecule has 0 fully saturated rings. The average Bonchev–Trinajstić information content (AvgIpc) is 3.06. The monoisotopic (exact) mass is 369 g/mol. The molecule has 26 heavy (non-hydrogen) atoms.